The molecule has 0 radical (unpaired) electrons. The molecule has 79 heavy (non-hydrogen) atoms. The Balaban J connectivity index is 0.000000951. The van der Waals surface area contributed by atoms with Crippen LogP contribution in [0.4, 0.5) is 0 Å². The number of thioether (sulfide) groups is 2. The number of hydrogen-bond acceptors (Lipinski definition) is 12. The largest absolute Gasteiger partial charge is 1.00 e. The third-order valence-corrected chi connectivity index (χ3v) is 14.8. The third kappa shape index (κ3) is 37.2. The number of ether oxygens (including phenoxy) is 4. The molecule has 0 amide bonds. The SMILES string of the molecule is BrBr.Brc1ccc(Oc2ccc(Br)cc2)cc1.CS(=O)c1ccc(Oc2ccc(S(C)=O)cc2)cc1.CSSC.CSc1ccc(Oc2ccc(SC)cc2)cc1.O=[N+]([O-])O.[CH2-]CCC.[Li+].c1ccc(Oc2ccccc2)cc1. The predicted octanol–water partition coefficient (Wildman–Crippen LogP) is 18.0. The topological polar surface area (TPSA) is 134 Å². The molecule has 8 rings (SSSR count). The van der Waals surface area contributed by atoms with E-state index < -0.39 is 26.7 Å². The summed E-state index contributed by atoms with van der Waals surface area (Å²) < 4.78 is 47.2. The quantitative estimate of drug-likeness (QED) is 0.0277. The summed E-state index contributed by atoms with van der Waals surface area (Å²) in [5.41, 5.74) is 0. The van der Waals surface area contributed by atoms with E-state index in [1.54, 1.807) is 106 Å². The molecule has 0 aliphatic carbocycles. The van der Waals surface area contributed by atoms with E-state index in [-0.39, 0.29) is 18.9 Å². The molecule has 2 atom stereocenters. The third-order valence-electron chi connectivity index (χ3n) is 9.01. The smallest absolute Gasteiger partial charge is 0.457 e. The maximum absolute atomic E-state index is 11.3. The number of para-hydroxylation sites is 2. The first kappa shape index (κ1) is 75.4. The molecule has 0 fully saturated rings. The van der Waals surface area contributed by atoms with Crippen molar-refractivity contribution < 1.29 is 56.5 Å². The number of nitrogens with zero attached hydrogens (tertiary/aromatic N) is 1. The Hall–Kier alpha value is -3.62. The van der Waals surface area contributed by atoms with Gasteiger partial charge in [0.05, 0.1) is 0 Å². The van der Waals surface area contributed by atoms with E-state index in [2.05, 4.69) is 123 Å². The molecule has 0 aliphatic rings. The fourth-order valence-corrected chi connectivity index (χ4v) is 7.60. The molecule has 0 saturated carbocycles. The van der Waals surface area contributed by atoms with E-state index in [0.717, 1.165) is 59.7 Å². The van der Waals surface area contributed by atoms with Crippen molar-refractivity contribution >= 4 is 127 Å². The summed E-state index contributed by atoms with van der Waals surface area (Å²) in [6.07, 6.45) is 13.8. The van der Waals surface area contributed by atoms with Gasteiger partial charge in [-0.25, -0.2) is 0 Å². The van der Waals surface area contributed by atoms with Crippen LogP contribution < -0.4 is 37.8 Å². The van der Waals surface area contributed by atoms with Crippen LogP contribution in [0.3, 0.4) is 0 Å². The predicted molar refractivity (Wildman–Crippen MR) is 349 cm³/mol. The van der Waals surface area contributed by atoms with E-state index >= 15 is 0 Å². The Labute approximate surface area is 532 Å². The molecule has 0 aliphatic heterocycles. The molecule has 1 N–H and O–H groups in total. The Bertz CT molecular complexity index is 2630. The average Bonchev–Trinajstić information content (AvgIpc) is 3.47. The summed E-state index contributed by atoms with van der Waals surface area (Å²) in [5.74, 6) is 6.52. The standard InChI is InChI=1S/C14H14O3S2.C14H14OS2.C12H8Br2O.C12H10O.C4H9.C2H6S2.Br2.Li.HNO3/c1-18(15)13-7-3-11(4-8-13)17-12-5-9-14(10-6-12)19(2)16;1-16-13-7-3-11(4-8-13)15-12-5-9-14(17-2)10-6-12;13-9-1-5-11(6-2-9)15-12-7-3-10(14)4-8-12;1-3-7-11(8-4-1)13-12-9-5-2-6-10-12;2*1-3-4-2;1-2;;2-1(3)4/h3-10H,1-2H3;3-10H,1-2H3;1-8H;1-10H;1,3-4H2,2H3;1-2H3;;;(H,2,3,4)/q;;;;-1;;;+1;. The summed E-state index contributed by atoms with van der Waals surface area (Å²) >= 11 is 15.7. The van der Waals surface area contributed by atoms with Gasteiger partial charge in [0.1, 0.15) is 46.0 Å². The minimum atomic E-state index is -1.50. The molecular formula is C58H62Br4LiNO9S6. The van der Waals surface area contributed by atoms with Gasteiger partial charge in [0.15, 0.2) is 0 Å². The minimum Gasteiger partial charge on any atom is -0.457 e. The summed E-state index contributed by atoms with van der Waals surface area (Å²) in [4.78, 5) is 12.4. The molecule has 8 aromatic rings. The van der Waals surface area contributed by atoms with Crippen molar-refractivity contribution in [1.29, 1.82) is 0 Å². The zero-order chi connectivity index (χ0) is 57.9. The van der Waals surface area contributed by atoms with Crippen LogP contribution >= 0.6 is 105 Å². The number of benzene rings is 8. The van der Waals surface area contributed by atoms with Gasteiger partial charge in [-0.3, -0.25) is 8.42 Å². The monoisotopic (exact) mass is 1430 g/mol. The van der Waals surface area contributed by atoms with E-state index in [1.165, 1.54) is 16.2 Å². The maximum Gasteiger partial charge on any atom is 1.00 e. The first-order valence-electron chi connectivity index (χ1n) is 22.9. The average molecular weight is 1440 g/mol. The van der Waals surface area contributed by atoms with E-state index in [0.29, 0.717) is 11.5 Å². The van der Waals surface area contributed by atoms with Crippen LogP contribution in [0.2, 0.25) is 0 Å². The normalized spacial score (nSPS) is 10.1. The second kappa shape index (κ2) is 48.0. The van der Waals surface area contributed by atoms with Gasteiger partial charge in [-0.15, -0.1) is 33.6 Å². The van der Waals surface area contributed by atoms with E-state index in [9.17, 15) is 8.42 Å². The van der Waals surface area contributed by atoms with Gasteiger partial charge in [0.25, 0.3) is 5.09 Å². The Kier molecular flexibility index (Phi) is 45.8. The summed E-state index contributed by atoms with van der Waals surface area (Å²) in [6, 6.07) is 65.5. The fourth-order valence-electron chi connectivity index (χ4n) is 5.21. The van der Waals surface area contributed by atoms with Gasteiger partial charge >= 0.3 is 18.9 Å². The van der Waals surface area contributed by atoms with Gasteiger partial charge in [-0.2, -0.15) is 6.42 Å². The summed E-state index contributed by atoms with van der Waals surface area (Å²) in [6.45, 7) is 5.72. The number of unbranched alkanes of at least 4 members (excludes halogenated alkanes) is 1. The van der Waals surface area contributed by atoms with Crippen molar-refractivity contribution in [3.05, 3.63) is 232 Å². The molecule has 10 nitrogen and oxygen atoms in total. The molecule has 0 bridgehead atoms. The van der Waals surface area contributed by atoms with Crippen molar-refractivity contribution in [2.24, 2.45) is 0 Å². The van der Waals surface area contributed by atoms with Gasteiger partial charge in [-0.05, 0) is 195 Å². The molecular weight excluding hydrogens is 1370 g/mol. The second-order valence-corrected chi connectivity index (χ2v) is 23.6. The van der Waals surface area contributed by atoms with E-state index in [1.807, 2.05) is 133 Å². The van der Waals surface area contributed by atoms with E-state index in [4.69, 9.17) is 34.3 Å². The van der Waals surface area contributed by atoms with Gasteiger partial charge in [-0.1, -0.05) is 103 Å². The van der Waals surface area contributed by atoms with Crippen LogP contribution in [0.25, 0.3) is 0 Å². The molecule has 0 spiro atoms. The Morgan fingerprint density at radius 3 is 0.861 bits per heavy atom. The molecule has 0 aromatic heterocycles. The Morgan fingerprint density at radius 1 is 0.468 bits per heavy atom. The first-order valence-corrected chi connectivity index (χ1v) is 36.8. The van der Waals surface area contributed by atoms with Crippen LogP contribution in [0.5, 0.6) is 46.0 Å². The van der Waals surface area contributed by atoms with Crippen LogP contribution in [0.15, 0.2) is 235 Å². The number of hydrogen-bond donors (Lipinski definition) is 1. The minimum absolute atomic E-state index is 0. The van der Waals surface area contributed by atoms with Crippen molar-refractivity contribution in [2.45, 2.75) is 39.3 Å². The van der Waals surface area contributed by atoms with Crippen molar-refractivity contribution in [3.63, 3.8) is 0 Å². The van der Waals surface area contributed by atoms with Crippen LogP contribution in [-0.4, -0.2) is 56.2 Å². The fraction of sp³-hybridized carbons (Fsp3) is 0.155. The summed E-state index contributed by atoms with van der Waals surface area (Å²) in [7, 11) is 1.58. The van der Waals surface area contributed by atoms with Gasteiger partial charge < -0.3 is 31.1 Å². The molecule has 0 heterocycles. The zero-order valence-electron chi connectivity index (χ0n) is 44.9. The van der Waals surface area contributed by atoms with Crippen LogP contribution in [0, 0.1) is 17.0 Å². The van der Waals surface area contributed by atoms with Crippen LogP contribution in [-0.2, 0) is 21.6 Å². The second-order valence-electron chi connectivity index (χ2n) is 14.6. The van der Waals surface area contributed by atoms with Crippen molar-refractivity contribution in [2.75, 3.05) is 37.5 Å². The van der Waals surface area contributed by atoms with Crippen molar-refractivity contribution in [1.82, 2.24) is 0 Å². The number of halogens is 4. The molecule has 2 unspecified atom stereocenters. The number of rotatable bonds is 14. The maximum atomic E-state index is 11.3. The van der Waals surface area contributed by atoms with Gasteiger partial charge in [0, 0.05) is 90.9 Å². The van der Waals surface area contributed by atoms with Gasteiger partial charge in [0.2, 0.25) is 0 Å². The Morgan fingerprint density at radius 2 is 0.671 bits per heavy atom. The zero-order valence-corrected chi connectivity index (χ0v) is 56.1. The molecule has 8 aromatic carbocycles. The summed E-state index contributed by atoms with van der Waals surface area (Å²) in [5, 5.41) is 13.6. The van der Waals surface area contributed by atoms with Crippen LogP contribution in [0.1, 0.15) is 19.8 Å². The molecule has 418 valence electrons. The molecule has 0 saturated heterocycles. The first-order chi connectivity index (χ1) is 37.6. The molecule has 21 heteroatoms. The van der Waals surface area contributed by atoms with Crippen molar-refractivity contribution in [3.8, 4) is 46.0 Å².